The standard InChI is InChI=1S/C11H15Cl3N4O3/c1-2-8(21-10(15)11(12,13)14)7-20-9(19)5-3-4-6-17-18-16/h2,8,15H,1,3-7H2. The van der Waals surface area contributed by atoms with Crippen molar-refractivity contribution in [2.24, 2.45) is 5.11 Å². The molecule has 0 amide bonds. The molecule has 0 aliphatic rings. The zero-order chi connectivity index (χ0) is 16.3. The van der Waals surface area contributed by atoms with Crippen molar-refractivity contribution in [1.82, 2.24) is 0 Å². The fraction of sp³-hybridized carbons (Fsp3) is 0.636. The molecule has 0 radical (unpaired) electrons. The molecule has 0 aromatic carbocycles. The number of hydrogen-bond acceptors (Lipinski definition) is 5. The minimum Gasteiger partial charge on any atom is -0.467 e. The molecule has 0 aromatic heterocycles. The number of azide groups is 1. The number of esters is 1. The quantitative estimate of drug-likeness (QED) is 0.0777. The number of ether oxygens (including phenoxy) is 2. The van der Waals surface area contributed by atoms with Gasteiger partial charge in [-0.2, -0.15) is 0 Å². The maximum absolute atomic E-state index is 11.4. The number of nitrogens with one attached hydrogen (secondary N) is 1. The summed E-state index contributed by atoms with van der Waals surface area (Å²) in [5.74, 6) is -1.02. The van der Waals surface area contributed by atoms with E-state index in [0.717, 1.165) is 0 Å². The zero-order valence-corrected chi connectivity index (χ0v) is 13.4. The highest BCUT2D eigenvalue weighted by Gasteiger charge is 2.30. The second-order valence-electron chi connectivity index (χ2n) is 3.81. The summed E-state index contributed by atoms with van der Waals surface area (Å²) in [5.41, 5.74) is 8.07. The van der Waals surface area contributed by atoms with E-state index >= 15 is 0 Å². The lowest BCUT2D eigenvalue weighted by atomic mass is 10.2. The van der Waals surface area contributed by atoms with Gasteiger partial charge in [0.1, 0.15) is 6.61 Å². The van der Waals surface area contributed by atoms with Gasteiger partial charge in [0, 0.05) is 17.9 Å². The molecule has 0 saturated carbocycles. The number of hydrogen-bond donors (Lipinski definition) is 1. The minimum atomic E-state index is -1.98. The van der Waals surface area contributed by atoms with Crippen molar-refractivity contribution in [3.8, 4) is 0 Å². The molecule has 1 unspecified atom stereocenters. The van der Waals surface area contributed by atoms with Crippen molar-refractivity contribution in [2.45, 2.75) is 29.2 Å². The Hall–Kier alpha value is -1.14. The van der Waals surface area contributed by atoms with E-state index in [1.165, 1.54) is 6.08 Å². The summed E-state index contributed by atoms with van der Waals surface area (Å²) in [7, 11) is 0. The van der Waals surface area contributed by atoms with E-state index in [1.54, 1.807) is 0 Å². The molecule has 10 heteroatoms. The highest BCUT2D eigenvalue weighted by atomic mass is 35.6. The van der Waals surface area contributed by atoms with Crippen molar-refractivity contribution in [1.29, 1.82) is 5.41 Å². The number of alkyl halides is 3. The first-order valence-corrected chi connectivity index (χ1v) is 7.06. The fourth-order valence-corrected chi connectivity index (χ4v) is 1.25. The number of carbonyl (C=O) groups is 1. The van der Waals surface area contributed by atoms with Crippen LogP contribution in [0.4, 0.5) is 0 Å². The average molecular weight is 358 g/mol. The van der Waals surface area contributed by atoms with E-state index in [4.69, 9.17) is 55.2 Å². The van der Waals surface area contributed by atoms with Crippen LogP contribution in [-0.2, 0) is 14.3 Å². The van der Waals surface area contributed by atoms with E-state index in [2.05, 4.69) is 16.6 Å². The first-order valence-electron chi connectivity index (χ1n) is 5.92. The van der Waals surface area contributed by atoms with Crippen LogP contribution >= 0.6 is 34.8 Å². The largest absolute Gasteiger partial charge is 0.467 e. The van der Waals surface area contributed by atoms with Crippen LogP contribution < -0.4 is 0 Å². The number of unbranched alkanes of at least 4 members (excludes halogenated alkanes) is 1. The molecular weight excluding hydrogens is 343 g/mol. The lowest BCUT2D eigenvalue weighted by molar-refractivity contribution is -0.145. The summed E-state index contributed by atoms with van der Waals surface area (Å²) in [6.45, 7) is 3.68. The van der Waals surface area contributed by atoms with Gasteiger partial charge >= 0.3 is 5.97 Å². The van der Waals surface area contributed by atoms with Gasteiger partial charge in [0.05, 0.1) is 0 Å². The maximum atomic E-state index is 11.4. The third kappa shape index (κ3) is 10.3. The molecule has 118 valence electrons. The first-order chi connectivity index (χ1) is 9.81. The second kappa shape index (κ2) is 10.6. The molecule has 0 aromatic rings. The van der Waals surface area contributed by atoms with Crippen LogP contribution in [0.2, 0.25) is 0 Å². The molecule has 0 aliphatic heterocycles. The molecule has 0 bridgehead atoms. The Morgan fingerprint density at radius 2 is 2.14 bits per heavy atom. The topological polar surface area (TPSA) is 108 Å². The van der Waals surface area contributed by atoms with Crippen LogP contribution in [-0.4, -0.2) is 34.9 Å². The third-order valence-electron chi connectivity index (χ3n) is 2.15. The van der Waals surface area contributed by atoms with Gasteiger partial charge in [0.15, 0.2) is 6.10 Å². The molecule has 1 N–H and O–H groups in total. The Morgan fingerprint density at radius 1 is 1.48 bits per heavy atom. The van der Waals surface area contributed by atoms with E-state index < -0.39 is 21.8 Å². The zero-order valence-electron chi connectivity index (χ0n) is 11.1. The van der Waals surface area contributed by atoms with Gasteiger partial charge in [-0.25, -0.2) is 0 Å². The van der Waals surface area contributed by atoms with Crippen LogP contribution in [0.1, 0.15) is 19.3 Å². The number of nitrogens with zero attached hydrogens (tertiary/aromatic N) is 3. The molecule has 0 spiro atoms. The smallest absolute Gasteiger partial charge is 0.305 e. The van der Waals surface area contributed by atoms with E-state index in [1.807, 2.05) is 0 Å². The summed E-state index contributed by atoms with van der Waals surface area (Å²) in [5, 5.41) is 10.7. The van der Waals surface area contributed by atoms with Gasteiger partial charge in [-0.1, -0.05) is 46.5 Å². The SMILES string of the molecule is C=CC(COC(=O)CCCCN=[N+]=[N-])OC(=N)C(Cl)(Cl)Cl. The van der Waals surface area contributed by atoms with Crippen molar-refractivity contribution < 1.29 is 14.3 Å². The lowest BCUT2D eigenvalue weighted by Crippen LogP contribution is -2.29. The van der Waals surface area contributed by atoms with Gasteiger partial charge in [-0.15, -0.1) is 0 Å². The van der Waals surface area contributed by atoms with Gasteiger partial charge < -0.3 is 9.47 Å². The predicted molar refractivity (Wildman–Crippen MR) is 81.9 cm³/mol. The summed E-state index contributed by atoms with van der Waals surface area (Å²) in [6, 6.07) is 0. The van der Waals surface area contributed by atoms with E-state index in [-0.39, 0.29) is 13.0 Å². The molecule has 1 atom stereocenters. The average Bonchev–Trinajstić information content (AvgIpc) is 2.41. The Morgan fingerprint density at radius 3 is 2.67 bits per heavy atom. The minimum absolute atomic E-state index is 0.137. The van der Waals surface area contributed by atoms with Crippen molar-refractivity contribution in [3.05, 3.63) is 23.1 Å². The van der Waals surface area contributed by atoms with Crippen LogP contribution in [0, 0.1) is 5.41 Å². The molecule has 0 rings (SSSR count). The van der Waals surface area contributed by atoms with Gasteiger partial charge in [-0.3, -0.25) is 10.2 Å². The highest BCUT2D eigenvalue weighted by molar-refractivity contribution is 6.76. The molecule has 0 heterocycles. The van der Waals surface area contributed by atoms with E-state index in [0.29, 0.717) is 19.4 Å². The summed E-state index contributed by atoms with van der Waals surface area (Å²) >= 11 is 16.4. The Labute approximate surface area is 137 Å². The van der Waals surface area contributed by atoms with Gasteiger partial charge in [0.25, 0.3) is 3.79 Å². The number of halogens is 3. The van der Waals surface area contributed by atoms with Crippen LogP contribution in [0.15, 0.2) is 17.8 Å². The van der Waals surface area contributed by atoms with Crippen molar-refractivity contribution >= 4 is 46.7 Å². The summed E-state index contributed by atoms with van der Waals surface area (Å²) in [6.07, 6.45) is 1.88. The summed E-state index contributed by atoms with van der Waals surface area (Å²) < 4.78 is 7.98. The maximum Gasteiger partial charge on any atom is 0.305 e. The molecular formula is C11H15Cl3N4O3. The predicted octanol–water partition coefficient (Wildman–Crippen LogP) is 3.93. The normalized spacial score (nSPS) is 12.0. The lowest BCUT2D eigenvalue weighted by Gasteiger charge is -2.19. The molecule has 0 aliphatic carbocycles. The first kappa shape index (κ1) is 19.9. The van der Waals surface area contributed by atoms with Crippen molar-refractivity contribution in [2.75, 3.05) is 13.2 Å². The monoisotopic (exact) mass is 356 g/mol. The van der Waals surface area contributed by atoms with E-state index in [9.17, 15) is 4.79 Å². The van der Waals surface area contributed by atoms with Crippen molar-refractivity contribution in [3.63, 3.8) is 0 Å². The number of carbonyl (C=O) groups excluding carboxylic acids is 1. The van der Waals surface area contributed by atoms with Crippen LogP contribution in [0.25, 0.3) is 10.4 Å². The molecule has 0 saturated heterocycles. The Kier molecular flexibility index (Phi) is 9.99. The van der Waals surface area contributed by atoms with Gasteiger partial charge in [0.2, 0.25) is 5.90 Å². The Balaban J connectivity index is 3.99. The highest BCUT2D eigenvalue weighted by Crippen LogP contribution is 2.28. The fourth-order valence-electron chi connectivity index (χ4n) is 1.11. The Bertz CT molecular complexity index is 419. The second-order valence-corrected chi connectivity index (χ2v) is 6.09. The van der Waals surface area contributed by atoms with Gasteiger partial charge in [-0.05, 0) is 24.4 Å². The molecule has 21 heavy (non-hydrogen) atoms. The molecule has 7 nitrogen and oxygen atoms in total. The van der Waals surface area contributed by atoms with Crippen LogP contribution in [0.3, 0.4) is 0 Å². The molecule has 0 fully saturated rings. The third-order valence-corrected chi connectivity index (χ3v) is 2.67. The van der Waals surface area contributed by atoms with Crippen LogP contribution in [0.5, 0.6) is 0 Å². The number of rotatable bonds is 9. The summed E-state index contributed by atoms with van der Waals surface area (Å²) in [4.78, 5) is 14.0.